The van der Waals surface area contributed by atoms with Crippen LogP contribution in [-0.4, -0.2) is 26.6 Å². The number of hydrogen-bond acceptors (Lipinski definition) is 3. The van der Waals surface area contributed by atoms with Crippen LogP contribution in [0, 0.1) is 0 Å². The van der Waals surface area contributed by atoms with Crippen LogP contribution in [0.25, 0.3) is 0 Å². The van der Waals surface area contributed by atoms with Crippen LogP contribution in [0.4, 0.5) is 0 Å². The van der Waals surface area contributed by atoms with Crippen molar-refractivity contribution >= 4 is 0 Å². The van der Waals surface area contributed by atoms with Gasteiger partial charge in [0.05, 0.1) is 11.7 Å². The van der Waals surface area contributed by atoms with Gasteiger partial charge >= 0.3 is 0 Å². The second-order valence-corrected chi connectivity index (χ2v) is 4.50. The van der Waals surface area contributed by atoms with Crippen LogP contribution in [-0.2, 0) is 6.54 Å². The Morgan fingerprint density at radius 1 is 1.24 bits per heavy atom. The Labute approximate surface area is 101 Å². The molecule has 17 heavy (non-hydrogen) atoms. The van der Waals surface area contributed by atoms with Gasteiger partial charge in [-0.2, -0.15) is 5.10 Å². The summed E-state index contributed by atoms with van der Waals surface area (Å²) in [6.07, 6.45) is 8.02. The van der Waals surface area contributed by atoms with Crippen LogP contribution in [0.15, 0.2) is 36.8 Å². The average molecular weight is 228 g/mol. The lowest BCUT2D eigenvalue weighted by Crippen LogP contribution is -2.23. The minimum Gasteiger partial charge on any atom is -0.291 e. The first-order chi connectivity index (χ1) is 8.43. The molecular formula is C13H16N4. The van der Waals surface area contributed by atoms with E-state index in [2.05, 4.69) is 38.3 Å². The van der Waals surface area contributed by atoms with Gasteiger partial charge in [-0.25, -0.2) is 0 Å². The molecule has 1 aliphatic rings. The van der Waals surface area contributed by atoms with E-state index in [9.17, 15) is 0 Å². The van der Waals surface area contributed by atoms with Gasteiger partial charge in [0.1, 0.15) is 0 Å². The number of nitrogens with zero attached hydrogens (tertiary/aromatic N) is 3. The molecule has 0 bridgehead atoms. The van der Waals surface area contributed by atoms with Crippen LogP contribution in [0.2, 0.25) is 0 Å². The minimum absolute atomic E-state index is 0.491. The second kappa shape index (κ2) is 4.67. The fourth-order valence-corrected chi connectivity index (χ4v) is 2.54. The quantitative estimate of drug-likeness (QED) is 0.875. The van der Waals surface area contributed by atoms with Crippen LogP contribution >= 0.6 is 0 Å². The molecule has 2 aromatic rings. The van der Waals surface area contributed by atoms with Gasteiger partial charge < -0.3 is 0 Å². The Morgan fingerprint density at radius 3 is 2.88 bits per heavy atom. The van der Waals surface area contributed by atoms with Crippen molar-refractivity contribution in [3.8, 4) is 0 Å². The number of aromatic nitrogens is 3. The third-order valence-corrected chi connectivity index (χ3v) is 3.38. The van der Waals surface area contributed by atoms with Crippen LogP contribution in [0.1, 0.15) is 30.1 Å². The lowest BCUT2D eigenvalue weighted by molar-refractivity contribution is 0.244. The summed E-state index contributed by atoms with van der Waals surface area (Å²) in [7, 11) is 0. The Hall–Kier alpha value is -1.68. The molecule has 1 fully saturated rings. The molecule has 4 nitrogen and oxygen atoms in total. The van der Waals surface area contributed by atoms with Crippen molar-refractivity contribution < 1.29 is 0 Å². The van der Waals surface area contributed by atoms with Crippen molar-refractivity contribution in [1.29, 1.82) is 0 Å². The van der Waals surface area contributed by atoms with E-state index in [0.717, 1.165) is 13.1 Å². The first-order valence-corrected chi connectivity index (χ1v) is 6.06. The zero-order valence-corrected chi connectivity index (χ0v) is 9.71. The molecule has 0 aromatic carbocycles. The maximum absolute atomic E-state index is 4.05. The Balaban J connectivity index is 1.75. The zero-order chi connectivity index (χ0) is 11.5. The van der Waals surface area contributed by atoms with Gasteiger partial charge in [0.15, 0.2) is 0 Å². The molecule has 0 unspecified atom stereocenters. The van der Waals surface area contributed by atoms with Crippen molar-refractivity contribution in [2.45, 2.75) is 25.4 Å². The Morgan fingerprint density at radius 2 is 2.12 bits per heavy atom. The molecule has 0 aliphatic carbocycles. The molecule has 0 saturated carbocycles. The van der Waals surface area contributed by atoms with Crippen molar-refractivity contribution in [3.05, 3.63) is 48.0 Å². The molecule has 1 N–H and O–H groups in total. The number of rotatable bonds is 3. The largest absolute Gasteiger partial charge is 0.291 e. The number of aromatic amines is 1. The van der Waals surface area contributed by atoms with Gasteiger partial charge in [0, 0.05) is 25.1 Å². The highest BCUT2D eigenvalue weighted by atomic mass is 15.2. The summed E-state index contributed by atoms with van der Waals surface area (Å²) < 4.78 is 0. The molecule has 88 valence electrons. The molecule has 1 aliphatic heterocycles. The van der Waals surface area contributed by atoms with E-state index in [4.69, 9.17) is 0 Å². The van der Waals surface area contributed by atoms with Gasteiger partial charge in [-0.1, -0.05) is 0 Å². The fraction of sp³-hybridized carbons (Fsp3) is 0.385. The Kier molecular flexibility index (Phi) is 2.88. The molecule has 0 radical (unpaired) electrons. The van der Waals surface area contributed by atoms with Crippen molar-refractivity contribution in [1.82, 2.24) is 20.1 Å². The molecule has 0 amide bonds. The molecule has 3 rings (SSSR count). The number of nitrogens with one attached hydrogen (secondary N) is 1. The standard InChI is InChI=1S/C13H16N4/c1-2-13(12-5-8-15-16-12)17(9-1)10-11-3-6-14-7-4-11/h3-8,13H,1-2,9-10H2,(H,15,16)/t13-/m1/s1. The molecule has 4 heteroatoms. The fourth-order valence-electron chi connectivity index (χ4n) is 2.54. The number of pyridine rings is 1. The maximum atomic E-state index is 4.05. The zero-order valence-electron chi connectivity index (χ0n) is 9.71. The number of likely N-dealkylation sites (tertiary alicyclic amines) is 1. The molecule has 3 heterocycles. The first-order valence-electron chi connectivity index (χ1n) is 6.06. The minimum atomic E-state index is 0.491. The van der Waals surface area contributed by atoms with Gasteiger partial charge in [-0.3, -0.25) is 15.0 Å². The van der Waals surface area contributed by atoms with E-state index in [1.165, 1.54) is 24.1 Å². The predicted octanol–water partition coefficient (Wildman–Crippen LogP) is 2.14. The average Bonchev–Trinajstić information content (AvgIpc) is 3.00. The van der Waals surface area contributed by atoms with Crippen LogP contribution in [0.3, 0.4) is 0 Å². The summed E-state index contributed by atoms with van der Waals surface area (Å²) in [6.45, 7) is 2.15. The highest BCUT2D eigenvalue weighted by molar-refractivity contribution is 5.12. The maximum Gasteiger partial charge on any atom is 0.0523 e. The van der Waals surface area contributed by atoms with Crippen LogP contribution < -0.4 is 0 Å². The molecule has 0 spiro atoms. The van der Waals surface area contributed by atoms with Gasteiger partial charge in [0.25, 0.3) is 0 Å². The summed E-state index contributed by atoms with van der Waals surface area (Å²) in [5.74, 6) is 0. The Bertz CT molecular complexity index is 452. The summed E-state index contributed by atoms with van der Waals surface area (Å²) >= 11 is 0. The van der Waals surface area contributed by atoms with Crippen molar-refractivity contribution in [3.63, 3.8) is 0 Å². The van der Waals surface area contributed by atoms with Crippen molar-refractivity contribution in [2.75, 3.05) is 6.54 Å². The third kappa shape index (κ3) is 2.22. The number of hydrogen-bond donors (Lipinski definition) is 1. The summed E-state index contributed by atoms with van der Waals surface area (Å²) in [6, 6.07) is 6.74. The summed E-state index contributed by atoms with van der Waals surface area (Å²) in [5.41, 5.74) is 2.56. The molecular weight excluding hydrogens is 212 g/mol. The second-order valence-electron chi connectivity index (χ2n) is 4.50. The topological polar surface area (TPSA) is 44.8 Å². The number of H-pyrrole nitrogens is 1. The van der Waals surface area contributed by atoms with Gasteiger partial charge in [-0.15, -0.1) is 0 Å². The van der Waals surface area contributed by atoms with E-state index >= 15 is 0 Å². The SMILES string of the molecule is c1cc(CN2CCC[C@@H]2c2ccn[nH]2)ccn1. The van der Waals surface area contributed by atoms with Crippen molar-refractivity contribution in [2.24, 2.45) is 0 Å². The molecule has 2 aromatic heterocycles. The van der Waals surface area contributed by atoms with E-state index in [1.54, 1.807) is 0 Å². The highest BCUT2D eigenvalue weighted by Gasteiger charge is 2.26. The monoisotopic (exact) mass is 228 g/mol. The molecule has 1 saturated heterocycles. The third-order valence-electron chi connectivity index (χ3n) is 3.38. The van der Waals surface area contributed by atoms with E-state index in [1.807, 2.05) is 18.6 Å². The smallest absolute Gasteiger partial charge is 0.0523 e. The van der Waals surface area contributed by atoms with E-state index in [-0.39, 0.29) is 0 Å². The molecule has 1 atom stereocenters. The van der Waals surface area contributed by atoms with E-state index < -0.39 is 0 Å². The van der Waals surface area contributed by atoms with Gasteiger partial charge in [-0.05, 0) is 43.1 Å². The lowest BCUT2D eigenvalue weighted by Gasteiger charge is -2.23. The van der Waals surface area contributed by atoms with Gasteiger partial charge in [0.2, 0.25) is 0 Å². The lowest BCUT2D eigenvalue weighted by atomic mass is 10.1. The predicted molar refractivity (Wildman–Crippen MR) is 65.2 cm³/mol. The highest BCUT2D eigenvalue weighted by Crippen LogP contribution is 2.31. The van der Waals surface area contributed by atoms with Crippen LogP contribution in [0.5, 0.6) is 0 Å². The normalized spacial score (nSPS) is 20.8. The van der Waals surface area contributed by atoms with E-state index in [0.29, 0.717) is 6.04 Å². The first kappa shape index (κ1) is 10.5. The summed E-state index contributed by atoms with van der Waals surface area (Å²) in [5, 5.41) is 7.14. The summed E-state index contributed by atoms with van der Waals surface area (Å²) in [4.78, 5) is 6.56.